The monoisotopic (exact) mass is 199 g/mol. The summed E-state index contributed by atoms with van der Waals surface area (Å²) in [4.78, 5) is 0. The molecule has 0 aliphatic heterocycles. The van der Waals surface area contributed by atoms with Crippen molar-refractivity contribution in [1.82, 2.24) is 0 Å². The van der Waals surface area contributed by atoms with E-state index in [4.69, 9.17) is 4.42 Å². The van der Waals surface area contributed by atoms with Crippen LogP contribution in [-0.4, -0.2) is 6.04 Å². The Balaban J connectivity index is 1.74. The van der Waals surface area contributed by atoms with Gasteiger partial charge in [0.15, 0.2) is 0 Å². The fourth-order valence-corrected chi connectivity index (χ4v) is 2.24. The van der Waals surface area contributed by atoms with E-state index in [1.165, 1.54) is 11.1 Å². The zero-order valence-corrected chi connectivity index (χ0v) is 8.44. The molecule has 1 aliphatic rings. The Morgan fingerprint density at radius 3 is 2.40 bits per heavy atom. The Labute approximate surface area is 88.9 Å². The van der Waals surface area contributed by atoms with Gasteiger partial charge in [-0.3, -0.25) is 0 Å². The first-order valence-electron chi connectivity index (χ1n) is 5.27. The van der Waals surface area contributed by atoms with Gasteiger partial charge in [0, 0.05) is 6.04 Å². The van der Waals surface area contributed by atoms with E-state index in [1.54, 1.807) is 12.5 Å². The van der Waals surface area contributed by atoms with Crippen LogP contribution in [0.5, 0.6) is 0 Å². The van der Waals surface area contributed by atoms with Gasteiger partial charge in [-0.15, -0.1) is 0 Å². The number of furan rings is 1. The van der Waals surface area contributed by atoms with Crippen LogP contribution in [0.4, 0.5) is 5.69 Å². The second-order valence-corrected chi connectivity index (χ2v) is 4.03. The molecule has 1 aromatic carbocycles. The Morgan fingerprint density at radius 1 is 1.07 bits per heavy atom. The molecule has 1 aliphatic carbocycles. The van der Waals surface area contributed by atoms with Gasteiger partial charge in [-0.1, -0.05) is 24.3 Å². The summed E-state index contributed by atoms with van der Waals surface area (Å²) in [5, 5.41) is 3.47. The molecule has 3 rings (SSSR count). The van der Waals surface area contributed by atoms with E-state index in [0.717, 1.165) is 18.5 Å². The lowest BCUT2D eigenvalue weighted by atomic mass is 10.1. The predicted octanol–water partition coefficient (Wildman–Crippen LogP) is 2.86. The highest BCUT2D eigenvalue weighted by Crippen LogP contribution is 2.24. The van der Waals surface area contributed by atoms with Crippen molar-refractivity contribution in [3.63, 3.8) is 0 Å². The Hall–Kier alpha value is -1.70. The average Bonchev–Trinajstić information content (AvgIpc) is 2.86. The summed E-state index contributed by atoms with van der Waals surface area (Å²) in [7, 11) is 0. The molecule has 0 bridgehead atoms. The van der Waals surface area contributed by atoms with Gasteiger partial charge in [0.05, 0.1) is 12.0 Å². The summed E-state index contributed by atoms with van der Waals surface area (Å²) in [6.45, 7) is 0. The molecule has 76 valence electrons. The third-order valence-corrected chi connectivity index (χ3v) is 2.94. The van der Waals surface area contributed by atoms with Gasteiger partial charge in [-0.25, -0.2) is 0 Å². The topological polar surface area (TPSA) is 25.2 Å². The molecule has 2 aromatic rings. The molecule has 0 spiro atoms. The van der Waals surface area contributed by atoms with E-state index in [1.807, 2.05) is 6.07 Å². The molecule has 0 saturated carbocycles. The van der Waals surface area contributed by atoms with Crippen molar-refractivity contribution in [2.24, 2.45) is 0 Å². The largest absolute Gasteiger partial charge is 0.470 e. The maximum atomic E-state index is 5.04. The Morgan fingerprint density at radius 2 is 1.80 bits per heavy atom. The lowest BCUT2D eigenvalue weighted by molar-refractivity contribution is 0.567. The molecular weight excluding hydrogens is 186 g/mol. The molecule has 0 fully saturated rings. The minimum atomic E-state index is 0.514. The molecule has 15 heavy (non-hydrogen) atoms. The van der Waals surface area contributed by atoms with Crippen LogP contribution in [0.15, 0.2) is 47.3 Å². The lowest BCUT2D eigenvalue weighted by Gasteiger charge is -2.10. The zero-order valence-electron chi connectivity index (χ0n) is 8.44. The van der Waals surface area contributed by atoms with Gasteiger partial charge < -0.3 is 9.73 Å². The second kappa shape index (κ2) is 3.46. The van der Waals surface area contributed by atoms with Crippen LogP contribution in [0.3, 0.4) is 0 Å². The smallest absolute Gasteiger partial charge is 0.113 e. The second-order valence-electron chi connectivity index (χ2n) is 4.03. The SMILES string of the molecule is c1ccc2c(c1)CC(Nc1ccoc1)C2. The van der Waals surface area contributed by atoms with Crippen LogP contribution in [-0.2, 0) is 12.8 Å². The number of hydrogen-bond acceptors (Lipinski definition) is 2. The van der Waals surface area contributed by atoms with E-state index < -0.39 is 0 Å². The van der Waals surface area contributed by atoms with Crippen molar-refractivity contribution in [3.8, 4) is 0 Å². The third-order valence-electron chi connectivity index (χ3n) is 2.94. The highest BCUT2D eigenvalue weighted by Gasteiger charge is 2.20. The molecule has 0 amide bonds. The number of fused-ring (bicyclic) bond motifs is 1. The van der Waals surface area contributed by atoms with Crippen molar-refractivity contribution < 1.29 is 4.42 Å². The first-order chi connectivity index (χ1) is 7.42. The highest BCUT2D eigenvalue weighted by atomic mass is 16.3. The molecule has 0 unspecified atom stereocenters. The fourth-order valence-electron chi connectivity index (χ4n) is 2.24. The minimum absolute atomic E-state index is 0.514. The molecule has 1 N–H and O–H groups in total. The number of rotatable bonds is 2. The molecular formula is C13H13NO. The fraction of sp³-hybridized carbons (Fsp3) is 0.231. The van der Waals surface area contributed by atoms with E-state index >= 15 is 0 Å². The molecule has 1 aromatic heterocycles. The number of hydrogen-bond donors (Lipinski definition) is 1. The molecule has 2 heteroatoms. The minimum Gasteiger partial charge on any atom is -0.470 e. The van der Waals surface area contributed by atoms with E-state index in [-0.39, 0.29) is 0 Å². The van der Waals surface area contributed by atoms with Gasteiger partial charge in [0.1, 0.15) is 6.26 Å². The molecule has 0 radical (unpaired) electrons. The lowest BCUT2D eigenvalue weighted by Crippen LogP contribution is -2.18. The van der Waals surface area contributed by atoms with Crippen molar-refractivity contribution >= 4 is 5.69 Å². The number of anilines is 1. The number of benzene rings is 1. The Kier molecular flexibility index (Phi) is 1.98. The van der Waals surface area contributed by atoms with Crippen molar-refractivity contribution in [3.05, 3.63) is 54.0 Å². The first kappa shape index (κ1) is 8.60. The summed E-state index contributed by atoms with van der Waals surface area (Å²) in [5.41, 5.74) is 4.02. The summed E-state index contributed by atoms with van der Waals surface area (Å²) >= 11 is 0. The highest BCUT2D eigenvalue weighted by molar-refractivity contribution is 5.44. The standard InChI is InChI=1S/C13H13NO/c1-2-4-11-8-13(7-10(11)3-1)14-12-5-6-15-9-12/h1-6,9,13-14H,7-8H2. The van der Waals surface area contributed by atoms with Crippen molar-refractivity contribution in [2.75, 3.05) is 5.32 Å². The predicted molar refractivity (Wildman–Crippen MR) is 60.0 cm³/mol. The van der Waals surface area contributed by atoms with Crippen molar-refractivity contribution in [1.29, 1.82) is 0 Å². The van der Waals surface area contributed by atoms with Crippen LogP contribution in [0.1, 0.15) is 11.1 Å². The zero-order chi connectivity index (χ0) is 10.1. The molecule has 1 heterocycles. The molecule has 0 saturated heterocycles. The molecule has 0 atom stereocenters. The van der Waals surface area contributed by atoms with E-state index in [9.17, 15) is 0 Å². The van der Waals surface area contributed by atoms with Gasteiger partial charge in [0.2, 0.25) is 0 Å². The summed E-state index contributed by atoms with van der Waals surface area (Å²) in [5.74, 6) is 0. The first-order valence-corrected chi connectivity index (χ1v) is 5.27. The maximum Gasteiger partial charge on any atom is 0.113 e. The normalized spacial score (nSPS) is 15.2. The van der Waals surface area contributed by atoms with Crippen LogP contribution in [0.2, 0.25) is 0 Å². The number of nitrogens with one attached hydrogen (secondary N) is 1. The summed E-state index contributed by atoms with van der Waals surface area (Å²) < 4.78 is 5.04. The Bertz CT molecular complexity index is 420. The summed E-state index contributed by atoms with van der Waals surface area (Å²) in [6, 6.07) is 11.1. The summed E-state index contributed by atoms with van der Waals surface area (Å²) in [6.07, 6.45) is 5.68. The molecule has 2 nitrogen and oxygen atoms in total. The maximum absolute atomic E-state index is 5.04. The van der Waals surface area contributed by atoms with Gasteiger partial charge in [0.25, 0.3) is 0 Å². The van der Waals surface area contributed by atoms with Crippen molar-refractivity contribution in [2.45, 2.75) is 18.9 Å². The van der Waals surface area contributed by atoms with Crippen LogP contribution < -0.4 is 5.32 Å². The van der Waals surface area contributed by atoms with Crippen LogP contribution in [0.25, 0.3) is 0 Å². The van der Waals surface area contributed by atoms with E-state index in [2.05, 4.69) is 29.6 Å². The quantitative estimate of drug-likeness (QED) is 0.804. The van der Waals surface area contributed by atoms with Gasteiger partial charge in [-0.2, -0.15) is 0 Å². The van der Waals surface area contributed by atoms with Gasteiger partial charge >= 0.3 is 0 Å². The third kappa shape index (κ3) is 1.63. The van der Waals surface area contributed by atoms with Crippen LogP contribution >= 0.6 is 0 Å². The van der Waals surface area contributed by atoms with E-state index in [0.29, 0.717) is 6.04 Å². The van der Waals surface area contributed by atoms with Gasteiger partial charge in [-0.05, 0) is 30.0 Å². The van der Waals surface area contributed by atoms with Crippen LogP contribution in [0, 0.1) is 0 Å². The average molecular weight is 199 g/mol.